The molecule has 26 heavy (non-hydrogen) atoms. The van der Waals surface area contributed by atoms with Crippen molar-refractivity contribution in [3.05, 3.63) is 59.7 Å². The molecule has 0 saturated heterocycles. The molecule has 0 aliphatic rings. The first kappa shape index (κ1) is 21.3. The first-order chi connectivity index (χ1) is 12.0. The Morgan fingerprint density at radius 3 is 2.27 bits per heavy atom. The molecule has 8 heteroatoms. The van der Waals surface area contributed by atoms with E-state index in [-0.39, 0.29) is 43.5 Å². The van der Waals surface area contributed by atoms with Gasteiger partial charge in [-0.25, -0.2) is 4.79 Å². The number of halogens is 1. The third-order valence-corrected chi connectivity index (χ3v) is 3.37. The monoisotopic (exact) mass is 381 g/mol. The number of phenols is 2. The molecule has 0 bridgehead atoms. The van der Waals surface area contributed by atoms with Gasteiger partial charge in [-0.1, -0.05) is 24.3 Å². The van der Waals surface area contributed by atoms with Gasteiger partial charge in [0.05, 0.1) is 5.56 Å². The van der Waals surface area contributed by atoms with E-state index in [1.807, 2.05) is 0 Å². The van der Waals surface area contributed by atoms with E-state index in [4.69, 9.17) is 15.2 Å². The second kappa shape index (κ2) is 10.3. The highest BCUT2D eigenvalue weighted by molar-refractivity contribution is 5.89. The highest BCUT2D eigenvalue weighted by Gasteiger charge is 2.17. The fourth-order valence-electron chi connectivity index (χ4n) is 2.07. The van der Waals surface area contributed by atoms with Crippen LogP contribution in [0.5, 0.6) is 11.5 Å². The minimum absolute atomic E-state index is 0. The molecule has 0 radical (unpaired) electrons. The van der Waals surface area contributed by atoms with Gasteiger partial charge in [-0.05, 0) is 36.2 Å². The summed E-state index contributed by atoms with van der Waals surface area (Å²) < 4.78 is 9.95. The molecule has 0 saturated carbocycles. The quantitative estimate of drug-likeness (QED) is 0.380. The van der Waals surface area contributed by atoms with Crippen molar-refractivity contribution < 1.29 is 29.3 Å². The van der Waals surface area contributed by atoms with Crippen LogP contribution in [0.2, 0.25) is 0 Å². The lowest BCUT2D eigenvalue weighted by Crippen LogP contribution is -2.35. The van der Waals surface area contributed by atoms with E-state index in [9.17, 15) is 19.8 Å². The van der Waals surface area contributed by atoms with Gasteiger partial charge in [-0.2, -0.15) is 0 Å². The zero-order valence-electron chi connectivity index (χ0n) is 13.8. The van der Waals surface area contributed by atoms with E-state index in [2.05, 4.69) is 0 Å². The van der Waals surface area contributed by atoms with Crippen LogP contribution in [-0.2, 0) is 20.7 Å². The Morgan fingerprint density at radius 1 is 0.962 bits per heavy atom. The molecule has 0 fully saturated rings. The molecule has 0 heterocycles. The first-order valence-corrected chi connectivity index (χ1v) is 7.62. The molecular weight excluding hydrogens is 362 g/mol. The van der Waals surface area contributed by atoms with Crippen LogP contribution in [0.3, 0.4) is 0 Å². The number of nitrogens with two attached hydrogens (primary N) is 1. The number of benzene rings is 2. The third-order valence-electron chi connectivity index (χ3n) is 3.37. The number of aromatic hydroxyl groups is 2. The molecule has 140 valence electrons. The first-order valence-electron chi connectivity index (χ1n) is 7.62. The van der Waals surface area contributed by atoms with E-state index < -0.39 is 18.0 Å². The SMILES string of the molecule is Cl.N[C@@H](Cc1ccc(O)c(O)c1)C(=O)OCCOC(=O)c1ccccc1. The van der Waals surface area contributed by atoms with Gasteiger partial charge >= 0.3 is 11.9 Å². The molecule has 0 amide bonds. The molecular formula is C18H20ClNO6. The molecule has 0 aromatic heterocycles. The van der Waals surface area contributed by atoms with Crippen LogP contribution in [0.1, 0.15) is 15.9 Å². The van der Waals surface area contributed by atoms with Crippen molar-refractivity contribution in [3.8, 4) is 11.5 Å². The maximum absolute atomic E-state index is 11.8. The summed E-state index contributed by atoms with van der Waals surface area (Å²) in [5.41, 5.74) is 6.74. The summed E-state index contributed by atoms with van der Waals surface area (Å²) in [5.74, 6) is -1.69. The van der Waals surface area contributed by atoms with Gasteiger partial charge in [0.15, 0.2) is 11.5 Å². The molecule has 0 aliphatic carbocycles. The number of phenolic OH excluding ortho intramolecular Hbond substituents is 2. The fourth-order valence-corrected chi connectivity index (χ4v) is 2.07. The van der Waals surface area contributed by atoms with Crippen molar-refractivity contribution in [2.24, 2.45) is 5.73 Å². The Bertz CT molecular complexity index is 738. The molecule has 2 aromatic carbocycles. The molecule has 0 unspecified atom stereocenters. The normalized spacial score (nSPS) is 11.1. The highest BCUT2D eigenvalue weighted by atomic mass is 35.5. The predicted octanol–water partition coefficient (Wildman–Crippen LogP) is 1.79. The summed E-state index contributed by atoms with van der Waals surface area (Å²) in [5, 5.41) is 18.7. The van der Waals surface area contributed by atoms with Crippen LogP contribution < -0.4 is 5.73 Å². The lowest BCUT2D eigenvalue weighted by molar-refractivity contribution is -0.146. The summed E-state index contributed by atoms with van der Waals surface area (Å²) in [7, 11) is 0. The zero-order valence-corrected chi connectivity index (χ0v) is 14.6. The summed E-state index contributed by atoms with van der Waals surface area (Å²) in [6.45, 7) is -0.182. The summed E-state index contributed by atoms with van der Waals surface area (Å²) in [6, 6.07) is 11.7. The number of ether oxygens (including phenoxy) is 2. The summed E-state index contributed by atoms with van der Waals surface area (Å²) in [4.78, 5) is 23.5. The topological polar surface area (TPSA) is 119 Å². The molecule has 1 atom stereocenters. The Balaban J connectivity index is 0.00000338. The van der Waals surface area contributed by atoms with Crippen molar-refractivity contribution in [2.75, 3.05) is 13.2 Å². The van der Waals surface area contributed by atoms with Crippen LogP contribution >= 0.6 is 12.4 Å². The number of carbonyl (C=O) groups excluding carboxylic acids is 2. The van der Waals surface area contributed by atoms with Crippen molar-refractivity contribution in [1.82, 2.24) is 0 Å². The smallest absolute Gasteiger partial charge is 0.338 e. The average Bonchev–Trinajstić information content (AvgIpc) is 2.62. The zero-order chi connectivity index (χ0) is 18.2. The largest absolute Gasteiger partial charge is 0.504 e. The number of hydrogen-bond donors (Lipinski definition) is 3. The Kier molecular flexibility index (Phi) is 8.41. The van der Waals surface area contributed by atoms with Gasteiger partial charge < -0.3 is 25.4 Å². The van der Waals surface area contributed by atoms with E-state index >= 15 is 0 Å². The number of hydrogen-bond acceptors (Lipinski definition) is 7. The van der Waals surface area contributed by atoms with Gasteiger partial charge in [0.2, 0.25) is 0 Å². The van der Waals surface area contributed by atoms with Gasteiger partial charge in [-0.15, -0.1) is 12.4 Å². The second-order valence-electron chi connectivity index (χ2n) is 5.30. The van der Waals surface area contributed by atoms with Crippen LogP contribution in [0.25, 0.3) is 0 Å². The Morgan fingerprint density at radius 2 is 1.62 bits per heavy atom. The van der Waals surface area contributed by atoms with Crippen LogP contribution in [0, 0.1) is 0 Å². The second-order valence-corrected chi connectivity index (χ2v) is 5.30. The van der Waals surface area contributed by atoms with Crippen LogP contribution in [0.4, 0.5) is 0 Å². The molecule has 0 aliphatic heterocycles. The van der Waals surface area contributed by atoms with Gasteiger partial charge in [-0.3, -0.25) is 4.79 Å². The number of rotatable bonds is 7. The molecule has 7 nitrogen and oxygen atoms in total. The number of carbonyl (C=O) groups is 2. The maximum Gasteiger partial charge on any atom is 0.338 e. The summed E-state index contributed by atoms with van der Waals surface area (Å²) in [6.07, 6.45) is 0.135. The highest BCUT2D eigenvalue weighted by Crippen LogP contribution is 2.25. The number of esters is 2. The molecule has 2 aromatic rings. The van der Waals surface area contributed by atoms with Crippen molar-refractivity contribution in [3.63, 3.8) is 0 Å². The Hall–Kier alpha value is -2.77. The predicted molar refractivity (Wildman–Crippen MR) is 96.4 cm³/mol. The van der Waals surface area contributed by atoms with E-state index in [1.165, 1.54) is 12.1 Å². The van der Waals surface area contributed by atoms with Gasteiger partial charge in [0.25, 0.3) is 0 Å². The molecule has 2 rings (SSSR count). The Labute approximate surface area is 156 Å². The molecule has 0 spiro atoms. The van der Waals surface area contributed by atoms with E-state index in [1.54, 1.807) is 36.4 Å². The van der Waals surface area contributed by atoms with E-state index in [0.29, 0.717) is 11.1 Å². The van der Waals surface area contributed by atoms with E-state index in [0.717, 1.165) is 0 Å². The van der Waals surface area contributed by atoms with Crippen LogP contribution in [0.15, 0.2) is 48.5 Å². The lowest BCUT2D eigenvalue weighted by atomic mass is 10.1. The molecule has 4 N–H and O–H groups in total. The van der Waals surface area contributed by atoms with Crippen molar-refractivity contribution in [1.29, 1.82) is 0 Å². The minimum atomic E-state index is -0.936. The fraction of sp³-hybridized carbons (Fsp3) is 0.222. The summed E-state index contributed by atoms with van der Waals surface area (Å²) >= 11 is 0. The standard InChI is InChI=1S/C18H19NO6.ClH/c19-14(10-12-6-7-15(20)16(21)11-12)18(23)25-9-8-24-17(22)13-4-2-1-3-5-13;/h1-7,11,14,20-21H,8-10,19H2;1H/t14-;/m0./s1. The van der Waals surface area contributed by atoms with Crippen molar-refractivity contribution >= 4 is 24.3 Å². The van der Waals surface area contributed by atoms with Gasteiger partial charge in [0, 0.05) is 0 Å². The van der Waals surface area contributed by atoms with Crippen LogP contribution in [-0.4, -0.2) is 41.4 Å². The lowest BCUT2D eigenvalue weighted by Gasteiger charge is -2.12. The minimum Gasteiger partial charge on any atom is -0.504 e. The third kappa shape index (κ3) is 6.27. The maximum atomic E-state index is 11.8. The average molecular weight is 382 g/mol. The van der Waals surface area contributed by atoms with Gasteiger partial charge in [0.1, 0.15) is 19.3 Å². The van der Waals surface area contributed by atoms with Crippen molar-refractivity contribution in [2.45, 2.75) is 12.5 Å².